The summed E-state index contributed by atoms with van der Waals surface area (Å²) in [7, 11) is 2.30. The second-order valence-electron chi connectivity index (χ2n) is 7.69. The molecular weight excluding hydrogens is 276 g/mol. The van der Waals surface area contributed by atoms with E-state index >= 15 is 0 Å². The van der Waals surface area contributed by atoms with Crippen LogP contribution in [0.5, 0.6) is 0 Å². The lowest BCUT2D eigenvalue weighted by Gasteiger charge is -2.44. The lowest BCUT2D eigenvalue weighted by atomic mass is 9.82. The molecule has 0 saturated heterocycles. The molecule has 1 aromatic heterocycles. The molecule has 1 saturated carbocycles. The van der Waals surface area contributed by atoms with E-state index in [1.165, 1.54) is 37.0 Å². The Hall–Kier alpha value is -0.380. The molecule has 2 atom stereocenters. The molecule has 2 rings (SSSR count). The molecule has 0 radical (unpaired) electrons. The number of nitrogens with two attached hydrogens (primary N) is 1. The van der Waals surface area contributed by atoms with Crippen LogP contribution in [0.25, 0.3) is 0 Å². The molecule has 0 amide bonds. The van der Waals surface area contributed by atoms with E-state index in [0.717, 1.165) is 13.0 Å². The Kier molecular flexibility index (Phi) is 5.50. The second kappa shape index (κ2) is 6.80. The first-order valence-electron chi connectivity index (χ1n) is 8.34. The molecule has 1 heterocycles. The van der Waals surface area contributed by atoms with Gasteiger partial charge in [-0.3, -0.25) is 4.90 Å². The van der Waals surface area contributed by atoms with Gasteiger partial charge in [0.15, 0.2) is 0 Å². The zero-order valence-electron chi connectivity index (χ0n) is 14.2. The summed E-state index contributed by atoms with van der Waals surface area (Å²) in [5.74, 6) is 0. The van der Waals surface area contributed by atoms with Gasteiger partial charge in [0, 0.05) is 23.0 Å². The SMILES string of the molecule is CC(Cc1cccs1)N(C)C1(CN)CCCC(C)(C)CC1. The lowest BCUT2D eigenvalue weighted by molar-refractivity contribution is 0.0670. The molecule has 2 N–H and O–H groups in total. The molecule has 1 fully saturated rings. The molecule has 0 aromatic carbocycles. The van der Waals surface area contributed by atoms with E-state index in [-0.39, 0.29) is 5.54 Å². The van der Waals surface area contributed by atoms with E-state index in [1.807, 2.05) is 11.3 Å². The Morgan fingerprint density at radius 1 is 1.29 bits per heavy atom. The third kappa shape index (κ3) is 4.08. The topological polar surface area (TPSA) is 29.3 Å². The quantitative estimate of drug-likeness (QED) is 0.822. The minimum absolute atomic E-state index is 0.199. The zero-order valence-corrected chi connectivity index (χ0v) is 15.0. The van der Waals surface area contributed by atoms with Gasteiger partial charge in [-0.15, -0.1) is 11.3 Å². The van der Waals surface area contributed by atoms with Crippen LogP contribution in [-0.4, -0.2) is 30.1 Å². The molecular formula is C18H32N2S. The van der Waals surface area contributed by atoms with Gasteiger partial charge in [0.1, 0.15) is 0 Å². The lowest BCUT2D eigenvalue weighted by Crippen LogP contribution is -2.55. The Labute approximate surface area is 134 Å². The van der Waals surface area contributed by atoms with E-state index in [2.05, 4.69) is 50.2 Å². The summed E-state index contributed by atoms with van der Waals surface area (Å²) in [5, 5.41) is 2.18. The van der Waals surface area contributed by atoms with Crippen LogP contribution >= 0.6 is 11.3 Å². The van der Waals surface area contributed by atoms with Crippen LogP contribution in [0.1, 0.15) is 57.8 Å². The number of likely N-dealkylation sites (N-methyl/N-ethyl adjacent to an activating group) is 1. The van der Waals surface area contributed by atoms with Gasteiger partial charge in [-0.2, -0.15) is 0 Å². The van der Waals surface area contributed by atoms with Crippen LogP contribution < -0.4 is 5.73 Å². The number of rotatable bonds is 5. The van der Waals surface area contributed by atoms with Crippen molar-refractivity contribution in [1.82, 2.24) is 4.90 Å². The first-order valence-corrected chi connectivity index (χ1v) is 9.22. The van der Waals surface area contributed by atoms with E-state index in [0.29, 0.717) is 11.5 Å². The Bertz CT molecular complexity index is 426. The fraction of sp³-hybridized carbons (Fsp3) is 0.778. The van der Waals surface area contributed by atoms with Crippen molar-refractivity contribution in [3.05, 3.63) is 22.4 Å². The Balaban J connectivity index is 2.07. The molecule has 1 aromatic rings. The molecule has 2 nitrogen and oxygen atoms in total. The molecule has 0 aliphatic heterocycles. The van der Waals surface area contributed by atoms with Crippen molar-refractivity contribution < 1.29 is 0 Å². The van der Waals surface area contributed by atoms with E-state index in [9.17, 15) is 0 Å². The van der Waals surface area contributed by atoms with Crippen LogP contribution in [0.2, 0.25) is 0 Å². The molecule has 1 aliphatic carbocycles. The summed E-state index contributed by atoms with van der Waals surface area (Å²) in [6, 6.07) is 4.95. The van der Waals surface area contributed by atoms with Crippen LogP contribution in [0.15, 0.2) is 17.5 Å². The smallest absolute Gasteiger partial charge is 0.0331 e. The van der Waals surface area contributed by atoms with Gasteiger partial charge in [-0.25, -0.2) is 0 Å². The first kappa shape index (κ1) is 17.0. The predicted octanol–water partition coefficient (Wildman–Crippen LogP) is 4.30. The summed E-state index contributed by atoms with van der Waals surface area (Å²) < 4.78 is 0. The van der Waals surface area contributed by atoms with E-state index < -0.39 is 0 Å². The predicted molar refractivity (Wildman–Crippen MR) is 93.9 cm³/mol. The maximum absolute atomic E-state index is 6.27. The van der Waals surface area contributed by atoms with Gasteiger partial charge < -0.3 is 5.73 Å². The third-order valence-corrected chi connectivity index (χ3v) is 6.53. The highest BCUT2D eigenvalue weighted by Gasteiger charge is 2.39. The van der Waals surface area contributed by atoms with Crippen molar-refractivity contribution in [1.29, 1.82) is 0 Å². The maximum atomic E-state index is 6.27. The van der Waals surface area contributed by atoms with Crippen LogP contribution in [0, 0.1) is 5.41 Å². The standard InChI is InChI=1S/C18H32N2S/c1-15(13-16-7-5-12-21-16)20(4)18(14-19)9-6-8-17(2,3)10-11-18/h5,7,12,15H,6,8-11,13-14,19H2,1-4H3. The van der Waals surface area contributed by atoms with Crippen molar-refractivity contribution >= 4 is 11.3 Å². The molecule has 21 heavy (non-hydrogen) atoms. The molecule has 3 heteroatoms. The highest BCUT2D eigenvalue weighted by atomic mass is 32.1. The molecule has 0 bridgehead atoms. The van der Waals surface area contributed by atoms with Gasteiger partial charge >= 0.3 is 0 Å². The Morgan fingerprint density at radius 3 is 2.67 bits per heavy atom. The zero-order chi connectivity index (χ0) is 15.5. The minimum atomic E-state index is 0.199. The third-order valence-electron chi connectivity index (χ3n) is 5.63. The van der Waals surface area contributed by atoms with Crippen molar-refractivity contribution in [2.45, 2.75) is 70.9 Å². The van der Waals surface area contributed by atoms with Crippen LogP contribution in [0.4, 0.5) is 0 Å². The number of thiophene rings is 1. The van der Waals surface area contributed by atoms with Crippen molar-refractivity contribution in [2.75, 3.05) is 13.6 Å². The summed E-state index contributed by atoms with van der Waals surface area (Å²) in [6.45, 7) is 7.96. The summed E-state index contributed by atoms with van der Waals surface area (Å²) >= 11 is 1.87. The number of nitrogens with zero attached hydrogens (tertiary/aromatic N) is 1. The fourth-order valence-electron chi connectivity index (χ4n) is 3.74. The normalized spacial score (nSPS) is 27.5. The van der Waals surface area contributed by atoms with Crippen molar-refractivity contribution in [3.63, 3.8) is 0 Å². The largest absolute Gasteiger partial charge is 0.329 e. The average molecular weight is 309 g/mol. The van der Waals surface area contributed by atoms with Crippen molar-refractivity contribution in [2.24, 2.45) is 11.1 Å². The highest BCUT2D eigenvalue weighted by molar-refractivity contribution is 7.09. The van der Waals surface area contributed by atoms with Gasteiger partial charge in [-0.1, -0.05) is 26.3 Å². The first-order chi connectivity index (χ1) is 9.88. The number of hydrogen-bond donors (Lipinski definition) is 1. The molecule has 0 spiro atoms. The molecule has 120 valence electrons. The minimum Gasteiger partial charge on any atom is -0.329 e. The second-order valence-corrected chi connectivity index (χ2v) is 8.72. The fourth-order valence-corrected chi connectivity index (χ4v) is 4.57. The molecule has 2 unspecified atom stereocenters. The van der Waals surface area contributed by atoms with Crippen LogP contribution in [-0.2, 0) is 6.42 Å². The maximum Gasteiger partial charge on any atom is 0.0331 e. The summed E-state index contributed by atoms with van der Waals surface area (Å²) in [6.07, 6.45) is 7.56. The van der Waals surface area contributed by atoms with Gasteiger partial charge in [-0.05, 0) is 62.9 Å². The van der Waals surface area contributed by atoms with E-state index in [4.69, 9.17) is 5.73 Å². The monoisotopic (exact) mass is 308 g/mol. The molecule has 1 aliphatic rings. The highest BCUT2D eigenvalue weighted by Crippen LogP contribution is 2.40. The van der Waals surface area contributed by atoms with Gasteiger partial charge in [0.2, 0.25) is 0 Å². The average Bonchev–Trinajstić information content (AvgIpc) is 2.89. The Morgan fingerprint density at radius 2 is 2.05 bits per heavy atom. The van der Waals surface area contributed by atoms with Gasteiger partial charge in [0.25, 0.3) is 0 Å². The van der Waals surface area contributed by atoms with Crippen molar-refractivity contribution in [3.8, 4) is 0 Å². The summed E-state index contributed by atoms with van der Waals surface area (Å²) in [5.41, 5.74) is 6.95. The van der Waals surface area contributed by atoms with Crippen LogP contribution in [0.3, 0.4) is 0 Å². The summed E-state index contributed by atoms with van der Waals surface area (Å²) in [4.78, 5) is 4.07. The van der Waals surface area contributed by atoms with Gasteiger partial charge in [0.05, 0.1) is 0 Å². The van der Waals surface area contributed by atoms with E-state index in [1.54, 1.807) is 0 Å². The number of hydrogen-bond acceptors (Lipinski definition) is 3.